The fourth-order valence-electron chi connectivity index (χ4n) is 5.58. The summed E-state index contributed by atoms with van der Waals surface area (Å²) in [6.07, 6.45) is 15.3. The highest BCUT2D eigenvalue weighted by molar-refractivity contribution is 5.71. The summed E-state index contributed by atoms with van der Waals surface area (Å²) in [6.45, 7) is 5.30. The SMILES string of the molecule is C/C=C/CCC1COC(c2ccc(-c3ccc(-c4ccc(CCCCCCCCCC)c(F)c4F)cc3)cc2F)OC1. The Hall–Kier alpha value is -2.89. The maximum Gasteiger partial charge on any atom is 0.186 e. The van der Waals surface area contributed by atoms with Crippen LogP contribution in [0.2, 0.25) is 0 Å². The Morgan fingerprint density at radius 1 is 0.738 bits per heavy atom. The summed E-state index contributed by atoms with van der Waals surface area (Å²) < 4.78 is 56.7. The number of benzene rings is 3. The second kappa shape index (κ2) is 16.7. The number of halogens is 3. The lowest BCUT2D eigenvalue weighted by molar-refractivity contribution is -0.207. The Morgan fingerprint density at radius 2 is 1.38 bits per heavy atom. The first-order valence-corrected chi connectivity index (χ1v) is 15.7. The van der Waals surface area contributed by atoms with Crippen LogP contribution in [0.25, 0.3) is 22.3 Å². The molecule has 0 atom stereocenters. The van der Waals surface area contributed by atoms with E-state index in [0.29, 0.717) is 47.8 Å². The van der Waals surface area contributed by atoms with Crippen LogP contribution in [-0.2, 0) is 15.9 Å². The Bertz CT molecular complexity index is 1280. The minimum absolute atomic E-state index is 0.232. The molecule has 0 aliphatic carbocycles. The summed E-state index contributed by atoms with van der Waals surface area (Å²) in [7, 11) is 0. The fraction of sp³-hybridized carbons (Fsp3) is 0.459. The smallest absolute Gasteiger partial charge is 0.186 e. The van der Waals surface area contributed by atoms with Gasteiger partial charge in [0.25, 0.3) is 0 Å². The minimum Gasteiger partial charge on any atom is -0.348 e. The van der Waals surface area contributed by atoms with E-state index in [-0.39, 0.29) is 5.56 Å². The van der Waals surface area contributed by atoms with E-state index in [9.17, 15) is 4.39 Å². The molecule has 0 aromatic heterocycles. The molecule has 0 amide bonds. The molecule has 0 unspecified atom stereocenters. The number of ether oxygens (including phenoxy) is 2. The number of hydrogen-bond acceptors (Lipinski definition) is 2. The molecule has 5 heteroatoms. The van der Waals surface area contributed by atoms with Crippen LogP contribution in [0.3, 0.4) is 0 Å². The third kappa shape index (κ3) is 8.81. The predicted molar refractivity (Wildman–Crippen MR) is 166 cm³/mol. The first-order valence-electron chi connectivity index (χ1n) is 15.7. The molecule has 3 aromatic carbocycles. The molecule has 0 saturated carbocycles. The molecule has 1 aliphatic heterocycles. The van der Waals surface area contributed by atoms with Crippen LogP contribution in [0.15, 0.2) is 66.7 Å². The normalized spacial score (nSPS) is 17.3. The molecule has 0 N–H and O–H groups in total. The van der Waals surface area contributed by atoms with Gasteiger partial charge in [-0.15, -0.1) is 0 Å². The lowest BCUT2D eigenvalue weighted by Gasteiger charge is -2.29. The van der Waals surface area contributed by atoms with Gasteiger partial charge in [-0.1, -0.05) is 113 Å². The Balaban J connectivity index is 1.33. The van der Waals surface area contributed by atoms with Gasteiger partial charge in [-0.3, -0.25) is 0 Å². The zero-order chi connectivity index (χ0) is 29.7. The van der Waals surface area contributed by atoms with E-state index >= 15 is 8.78 Å². The van der Waals surface area contributed by atoms with E-state index < -0.39 is 23.7 Å². The van der Waals surface area contributed by atoms with Crippen molar-refractivity contribution in [1.29, 1.82) is 0 Å². The average molecular weight is 579 g/mol. The lowest BCUT2D eigenvalue weighted by Crippen LogP contribution is -2.27. The van der Waals surface area contributed by atoms with Gasteiger partial charge in [-0.2, -0.15) is 0 Å². The van der Waals surface area contributed by atoms with Gasteiger partial charge in [-0.25, -0.2) is 13.2 Å². The molecular formula is C37H45F3O2. The van der Waals surface area contributed by atoms with E-state index in [1.165, 1.54) is 38.2 Å². The van der Waals surface area contributed by atoms with Gasteiger partial charge in [-0.05, 0) is 60.9 Å². The minimum atomic E-state index is -0.813. The van der Waals surface area contributed by atoms with Crippen molar-refractivity contribution in [2.24, 2.45) is 5.92 Å². The van der Waals surface area contributed by atoms with Crippen LogP contribution in [0, 0.1) is 23.4 Å². The van der Waals surface area contributed by atoms with Crippen LogP contribution in [0.4, 0.5) is 13.2 Å². The Morgan fingerprint density at radius 3 is 2.05 bits per heavy atom. The van der Waals surface area contributed by atoms with E-state index in [4.69, 9.17) is 9.47 Å². The quantitative estimate of drug-likeness (QED) is 0.132. The van der Waals surface area contributed by atoms with Crippen molar-refractivity contribution in [3.63, 3.8) is 0 Å². The average Bonchev–Trinajstić information content (AvgIpc) is 3.01. The summed E-state index contributed by atoms with van der Waals surface area (Å²) in [5.74, 6) is -1.66. The number of rotatable bonds is 15. The monoisotopic (exact) mass is 578 g/mol. The summed E-state index contributed by atoms with van der Waals surface area (Å²) in [4.78, 5) is 0. The molecule has 4 rings (SSSR count). The second-order valence-corrected chi connectivity index (χ2v) is 11.4. The van der Waals surface area contributed by atoms with Crippen LogP contribution in [-0.4, -0.2) is 13.2 Å². The maximum absolute atomic E-state index is 15.1. The van der Waals surface area contributed by atoms with Crippen LogP contribution in [0.1, 0.15) is 95.5 Å². The Kier molecular flexibility index (Phi) is 12.7. The van der Waals surface area contributed by atoms with Crippen LogP contribution < -0.4 is 0 Å². The van der Waals surface area contributed by atoms with Crippen molar-refractivity contribution < 1.29 is 22.6 Å². The second-order valence-electron chi connectivity index (χ2n) is 11.4. The molecular weight excluding hydrogens is 533 g/mol. The molecule has 0 bridgehead atoms. The molecule has 0 radical (unpaired) electrons. The zero-order valence-electron chi connectivity index (χ0n) is 25.1. The highest BCUT2D eigenvalue weighted by Gasteiger charge is 2.25. The lowest BCUT2D eigenvalue weighted by atomic mass is 9.97. The van der Waals surface area contributed by atoms with Crippen molar-refractivity contribution in [3.05, 3.63) is 95.3 Å². The summed E-state index contributed by atoms with van der Waals surface area (Å²) >= 11 is 0. The third-order valence-electron chi connectivity index (χ3n) is 8.19. The van der Waals surface area contributed by atoms with E-state index in [0.717, 1.165) is 37.7 Å². The van der Waals surface area contributed by atoms with Gasteiger partial charge in [0.15, 0.2) is 17.9 Å². The molecule has 1 aliphatic rings. The van der Waals surface area contributed by atoms with E-state index in [2.05, 4.69) is 13.0 Å². The largest absolute Gasteiger partial charge is 0.348 e. The molecule has 42 heavy (non-hydrogen) atoms. The molecule has 2 nitrogen and oxygen atoms in total. The summed E-state index contributed by atoms with van der Waals surface area (Å²) in [5.41, 5.74) is 3.10. The molecule has 1 fully saturated rings. The van der Waals surface area contributed by atoms with Crippen molar-refractivity contribution in [1.82, 2.24) is 0 Å². The van der Waals surface area contributed by atoms with Gasteiger partial charge >= 0.3 is 0 Å². The van der Waals surface area contributed by atoms with Gasteiger partial charge in [0.05, 0.1) is 13.2 Å². The van der Waals surface area contributed by atoms with Gasteiger partial charge in [0.1, 0.15) is 5.82 Å². The first kappa shape index (κ1) is 32.0. The van der Waals surface area contributed by atoms with Gasteiger partial charge < -0.3 is 9.47 Å². The van der Waals surface area contributed by atoms with Crippen molar-refractivity contribution >= 4 is 0 Å². The van der Waals surface area contributed by atoms with Gasteiger partial charge in [0.2, 0.25) is 0 Å². The first-order chi connectivity index (χ1) is 20.5. The summed E-state index contributed by atoms with van der Waals surface area (Å²) in [6, 6.07) is 15.5. The molecule has 1 heterocycles. The van der Waals surface area contributed by atoms with E-state index in [1.807, 2.05) is 19.1 Å². The standard InChI is InChI=1S/C37H45F3O2/c1-3-5-7-8-9-10-11-13-15-30-20-22-32(36(40)35(30)39)29-18-16-28(17-19-29)31-21-23-33(34(38)24-31)37-41-25-27(26-42-37)14-12-6-4-2/h4,6,16-24,27,37H,3,5,7-15,25-26H2,1-2H3/b6-4+. The Labute approximate surface area is 250 Å². The maximum atomic E-state index is 15.1. The van der Waals surface area contributed by atoms with Crippen molar-refractivity contribution in [3.8, 4) is 22.3 Å². The third-order valence-corrected chi connectivity index (χ3v) is 8.19. The van der Waals surface area contributed by atoms with Crippen molar-refractivity contribution in [2.75, 3.05) is 13.2 Å². The molecule has 3 aromatic rings. The number of unbranched alkanes of at least 4 members (excludes halogenated alkanes) is 7. The number of allylic oxidation sites excluding steroid dienone is 2. The van der Waals surface area contributed by atoms with E-state index in [1.54, 1.807) is 42.5 Å². The fourth-order valence-corrected chi connectivity index (χ4v) is 5.58. The van der Waals surface area contributed by atoms with Gasteiger partial charge in [0, 0.05) is 17.0 Å². The topological polar surface area (TPSA) is 18.5 Å². The zero-order valence-corrected chi connectivity index (χ0v) is 25.1. The summed E-state index contributed by atoms with van der Waals surface area (Å²) in [5, 5.41) is 0. The highest BCUT2D eigenvalue weighted by atomic mass is 19.2. The molecule has 0 spiro atoms. The molecule has 226 valence electrons. The molecule has 1 saturated heterocycles. The highest BCUT2D eigenvalue weighted by Crippen LogP contribution is 2.33. The van der Waals surface area contributed by atoms with Crippen LogP contribution in [0.5, 0.6) is 0 Å². The predicted octanol–water partition coefficient (Wildman–Crippen LogP) is 11.1. The number of hydrogen-bond donors (Lipinski definition) is 0. The number of aryl methyl sites for hydroxylation is 1. The van der Waals surface area contributed by atoms with Crippen molar-refractivity contribution in [2.45, 2.75) is 90.8 Å². The van der Waals surface area contributed by atoms with Crippen LogP contribution >= 0.6 is 0 Å².